The van der Waals surface area contributed by atoms with Gasteiger partial charge in [0.05, 0.1) is 18.2 Å². The fraction of sp³-hybridized carbons (Fsp3) is 0.773. The van der Waals surface area contributed by atoms with E-state index < -0.39 is 0 Å². The standard InChI is InChI=1S/2C8H16.C6H8N2/c1-2-8-6-4-3-5-7-8;1-2-5-8-6-3-4-7-8;1-2-3-6-4-7-5-8-6/h2*8H,2-7H2,1H3;2-5H,1H3,(H,7,8)/b;;3-2+. The van der Waals surface area contributed by atoms with Gasteiger partial charge in [-0.3, -0.25) is 0 Å². The highest BCUT2D eigenvalue weighted by Crippen LogP contribution is 2.28. The molecule has 0 spiro atoms. The molecule has 2 nitrogen and oxygen atoms in total. The quantitative estimate of drug-likeness (QED) is 0.611. The Morgan fingerprint density at radius 3 is 2.08 bits per heavy atom. The lowest BCUT2D eigenvalue weighted by molar-refractivity contribution is 0.349. The van der Waals surface area contributed by atoms with Gasteiger partial charge in [-0.25, -0.2) is 4.98 Å². The largest absolute Gasteiger partial charge is 0.345 e. The second-order valence-electron chi connectivity index (χ2n) is 7.36. The zero-order valence-electron chi connectivity index (χ0n) is 16.4. The summed E-state index contributed by atoms with van der Waals surface area (Å²) in [6.07, 6.45) is 25.2. The number of allylic oxidation sites excluding steroid dienone is 1. The highest BCUT2D eigenvalue weighted by Gasteiger charge is 2.12. The molecular weight excluding hydrogens is 292 g/mol. The average Bonchev–Trinajstić information content (AvgIpc) is 3.32. The zero-order chi connectivity index (χ0) is 17.5. The number of hydrogen-bond acceptors (Lipinski definition) is 1. The normalized spacial score (nSPS) is 18.8. The van der Waals surface area contributed by atoms with Crippen molar-refractivity contribution >= 4 is 6.08 Å². The first-order chi connectivity index (χ1) is 11.8. The molecule has 138 valence electrons. The van der Waals surface area contributed by atoms with Crippen LogP contribution in [0.5, 0.6) is 0 Å². The average molecular weight is 333 g/mol. The Morgan fingerprint density at radius 1 is 1.00 bits per heavy atom. The Labute approximate surface area is 150 Å². The molecule has 0 amide bonds. The van der Waals surface area contributed by atoms with Crippen LogP contribution in [0.4, 0.5) is 0 Å². The van der Waals surface area contributed by atoms with E-state index >= 15 is 0 Å². The van der Waals surface area contributed by atoms with E-state index in [-0.39, 0.29) is 0 Å². The van der Waals surface area contributed by atoms with Gasteiger partial charge < -0.3 is 4.98 Å². The molecule has 0 aromatic carbocycles. The minimum Gasteiger partial charge on any atom is -0.345 e. The van der Waals surface area contributed by atoms with E-state index in [9.17, 15) is 0 Å². The van der Waals surface area contributed by atoms with Crippen molar-refractivity contribution in [3.8, 4) is 0 Å². The first-order valence-electron chi connectivity index (χ1n) is 10.4. The van der Waals surface area contributed by atoms with Gasteiger partial charge >= 0.3 is 0 Å². The van der Waals surface area contributed by atoms with Crippen molar-refractivity contribution in [2.24, 2.45) is 11.8 Å². The lowest BCUT2D eigenvalue weighted by Crippen LogP contribution is -2.03. The number of aromatic amines is 1. The van der Waals surface area contributed by atoms with Crippen LogP contribution in [0.15, 0.2) is 18.6 Å². The number of imidazole rings is 1. The Hall–Kier alpha value is -1.05. The molecule has 1 heterocycles. The Morgan fingerprint density at radius 2 is 1.62 bits per heavy atom. The molecule has 1 aromatic rings. The molecule has 24 heavy (non-hydrogen) atoms. The molecule has 0 atom stereocenters. The first-order valence-corrected chi connectivity index (χ1v) is 10.4. The summed E-state index contributed by atoms with van der Waals surface area (Å²) < 4.78 is 0. The summed E-state index contributed by atoms with van der Waals surface area (Å²) in [5, 5.41) is 0. The van der Waals surface area contributed by atoms with Crippen LogP contribution in [0, 0.1) is 11.8 Å². The molecule has 0 unspecified atom stereocenters. The van der Waals surface area contributed by atoms with Gasteiger partial charge in [0.15, 0.2) is 0 Å². The van der Waals surface area contributed by atoms with Gasteiger partial charge in [0.25, 0.3) is 0 Å². The molecule has 0 aliphatic heterocycles. The van der Waals surface area contributed by atoms with Gasteiger partial charge in [0.2, 0.25) is 0 Å². The monoisotopic (exact) mass is 332 g/mol. The van der Waals surface area contributed by atoms with Gasteiger partial charge in [0, 0.05) is 0 Å². The van der Waals surface area contributed by atoms with Crippen LogP contribution < -0.4 is 0 Å². The molecule has 2 aliphatic carbocycles. The summed E-state index contributed by atoms with van der Waals surface area (Å²) in [5.74, 6) is 2.20. The van der Waals surface area contributed by atoms with E-state index in [2.05, 4.69) is 23.8 Å². The maximum atomic E-state index is 3.83. The van der Waals surface area contributed by atoms with Crippen LogP contribution in [0.2, 0.25) is 0 Å². The number of aromatic nitrogens is 2. The highest BCUT2D eigenvalue weighted by atomic mass is 14.8. The predicted molar refractivity (Wildman–Crippen MR) is 107 cm³/mol. The second kappa shape index (κ2) is 14.3. The van der Waals surface area contributed by atoms with Crippen molar-refractivity contribution in [3.63, 3.8) is 0 Å². The van der Waals surface area contributed by atoms with Crippen LogP contribution in [0.1, 0.15) is 104 Å². The molecule has 1 N–H and O–H groups in total. The third-order valence-electron chi connectivity index (χ3n) is 5.34. The fourth-order valence-corrected chi connectivity index (χ4v) is 3.84. The molecule has 2 heteroatoms. The Bertz CT molecular complexity index is 382. The number of nitrogens with zero attached hydrogens (tertiary/aromatic N) is 1. The lowest BCUT2D eigenvalue weighted by atomic mass is 9.88. The van der Waals surface area contributed by atoms with Gasteiger partial charge in [0.1, 0.15) is 0 Å². The maximum Gasteiger partial charge on any atom is 0.0924 e. The minimum absolute atomic E-state index is 1.05. The third kappa shape index (κ3) is 9.95. The fourth-order valence-electron chi connectivity index (χ4n) is 3.84. The Balaban J connectivity index is 0.000000180. The molecule has 0 saturated heterocycles. The molecule has 1 aromatic heterocycles. The van der Waals surface area contributed by atoms with Gasteiger partial charge in [-0.05, 0) is 24.8 Å². The molecule has 0 bridgehead atoms. The van der Waals surface area contributed by atoms with E-state index in [4.69, 9.17) is 0 Å². The summed E-state index contributed by atoms with van der Waals surface area (Å²) in [6, 6.07) is 0. The highest BCUT2D eigenvalue weighted by molar-refractivity contribution is 5.41. The third-order valence-corrected chi connectivity index (χ3v) is 5.34. The summed E-state index contributed by atoms with van der Waals surface area (Å²) in [5.41, 5.74) is 1.05. The van der Waals surface area contributed by atoms with Crippen molar-refractivity contribution in [1.82, 2.24) is 9.97 Å². The van der Waals surface area contributed by atoms with Gasteiger partial charge in [-0.1, -0.05) is 97.0 Å². The lowest BCUT2D eigenvalue weighted by Gasteiger charge is -2.18. The summed E-state index contributed by atoms with van der Waals surface area (Å²) in [6.45, 7) is 6.58. The smallest absolute Gasteiger partial charge is 0.0924 e. The zero-order valence-corrected chi connectivity index (χ0v) is 16.4. The number of H-pyrrole nitrogens is 1. The van der Waals surface area contributed by atoms with E-state index in [0.29, 0.717) is 0 Å². The van der Waals surface area contributed by atoms with Crippen LogP contribution in [-0.2, 0) is 0 Å². The number of nitrogens with one attached hydrogen (secondary N) is 1. The van der Waals surface area contributed by atoms with Crippen molar-refractivity contribution in [1.29, 1.82) is 0 Å². The van der Waals surface area contributed by atoms with Crippen molar-refractivity contribution in [2.45, 2.75) is 97.8 Å². The number of hydrogen-bond donors (Lipinski definition) is 1. The van der Waals surface area contributed by atoms with Crippen LogP contribution >= 0.6 is 0 Å². The van der Waals surface area contributed by atoms with Crippen LogP contribution in [0.3, 0.4) is 0 Å². The van der Waals surface area contributed by atoms with Crippen LogP contribution in [-0.4, -0.2) is 9.97 Å². The number of rotatable bonds is 4. The maximum absolute atomic E-state index is 3.83. The summed E-state index contributed by atoms with van der Waals surface area (Å²) in [7, 11) is 0. The van der Waals surface area contributed by atoms with E-state index in [0.717, 1.165) is 17.5 Å². The first kappa shape index (κ1) is 21.0. The van der Waals surface area contributed by atoms with Crippen LogP contribution in [0.25, 0.3) is 6.08 Å². The second-order valence-corrected chi connectivity index (χ2v) is 7.36. The molecule has 2 saturated carbocycles. The predicted octanol–water partition coefficient (Wildman–Crippen LogP) is 7.40. The minimum atomic E-state index is 1.05. The van der Waals surface area contributed by atoms with Crippen molar-refractivity contribution in [3.05, 3.63) is 24.3 Å². The molecule has 2 aliphatic rings. The summed E-state index contributed by atoms with van der Waals surface area (Å²) in [4.78, 5) is 6.77. The van der Waals surface area contributed by atoms with Gasteiger partial charge in [-0.2, -0.15) is 0 Å². The van der Waals surface area contributed by atoms with E-state index in [1.807, 2.05) is 19.1 Å². The topological polar surface area (TPSA) is 28.7 Å². The SMILES string of the molecule is C/C=C/c1cnc[nH]1.CCC1CCCCC1.CCCC1CCCC1. The van der Waals surface area contributed by atoms with Gasteiger partial charge in [-0.15, -0.1) is 0 Å². The van der Waals surface area contributed by atoms with E-state index in [1.165, 1.54) is 77.0 Å². The molecule has 0 radical (unpaired) electrons. The molecule has 3 rings (SSSR count). The molecule has 2 fully saturated rings. The van der Waals surface area contributed by atoms with E-state index in [1.54, 1.807) is 12.5 Å². The molecular formula is C22H40N2. The summed E-state index contributed by atoms with van der Waals surface area (Å²) >= 11 is 0. The Kier molecular flexibility index (Phi) is 12.5. The van der Waals surface area contributed by atoms with Crippen molar-refractivity contribution in [2.75, 3.05) is 0 Å². The van der Waals surface area contributed by atoms with Crippen molar-refractivity contribution < 1.29 is 0 Å².